The van der Waals surface area contributed by atoms with Gasteiger partial charge in [0.05, 0.1) is 5.56 Å². The van der Waals surface area contributed by atoms with E-state index in [1.54, 1.807) is 5.32 Å². The smallest absolute Gasteiger partial charge is 0.343 e. The van der Waals surface area contributed by atoms with Crippen molar-refractivity contribution in [3.8, 4) is 0 Å². The summed E-state index contributed by atoms with van der Waals surface area (Å²) in [5, 5.41) is 1.72. The Bertz CT molecular complexity index is 1000. The van der Waals surface area contributed by atoms with E-state index in [4.69, 9.17) is 0 Å². The van der Waals surface area contributed by atoms with E-state index in [0.717, 1.165) is 4.90 Å². The van der Waals surface area contributed by atoms with Crippen LogP contribution >= 0.6 is 0 Å². The molecule has 0 bridgehead atoms. The number of hydrogen-bond donors (Lipinski definition) is 1. The lowest BCUT2D eigenvalue weighted by Crippen LogP contribution is -2.34. The molecule has 0 atom stereocenters. The van der Waals surface area contributed by atoms with Crippen LogP contribution in [0.25, 0.3) is 0 Å². The maximum absolute atomic E-state index is 14.0. The Morgan fingerprint density at radius 3 is 2.13 bits per heavy atom. The first kappa shape index (κ1) is 22.6. The van der Waals surface area contributed by atoms with Crippen LogP contribution in [0, 0.1) is 23.3 Å². The Morgan fingerprint density at radius 2 is 1.58 bits per heavy atom. The molecule has 2 amide bonds. The quantitative estimate of drug-likeness (QED) is 0.406. The van der Waals surface area contributed by atoms with E-state index in [9.17, 15) is 40.3 Å². The molecule has 1 saturated carbocycles. The van der Waals surface area contributed by atoms with Gasteiger partial charge >= 0.3 is 6.18 Å². The normalized spacial score (nSPS) is 13.8. The van der Waals surface area contributed by atoms with Crippen LogP contribution in [-0.4, -0.2) is 35.5 Å². The van der Waals surface area contributed by atoms with E-state index in [2.05, 4.69) is 0 Å². The van der Waals surface area contributed by atoms with Crippen molar-refractivity contribution < 1.29 is 40.3 Å². The number of rotatable bonds is 6. The van der Waals surface area contributed by atoms with Gasteiger partial charge in [0, 0.05) is 18.2 Å². The third-order valence-electron chi connectivity index (χ3n) is 4.60. The second-order valence-electron chi connectivity index (χ2n) is 7.01. The van der Waals surface area contributed by atoms with Crippen molar-refractivity contribution in [2.45, 2.75) is 31.6 Å². The number of halogens is 7. The summed E-state index contributed by atoms with van der Waals surface area (Å²) >= 11 is 0. The average Bonchev–Trinajstić information content (AvgIpc) is 3.56. The summed E-state index contributed by atoms with van der Waals surface area (Å²) in [7, 11) is 0. The van der Waals surface area contributed by atoms with Crippen LogP contribution in [-0.2, 0) is 6.54 Å². The van der Waals surface area contributed by atoms with Gasteiger partial charge in [0.15, 0.2) is 23.3 Å². The van der Waals surface area contributed by atoms with Crippen LogP contribution in [0.3, 0.4) is 0 Å². The molecule has 0 saturated heterocycles. The van der Waals surface area contributed by atoms with Gasteiger partial charge in [-0.1, -0.05) is 12.1 Å². The van der Waals surface area contributed by atoms with Crippen molar-refractivity contribution >= 4 is 11.8 Å². The van der Waals surface area contributed by atoms with Crippen molar-refractivity contribution in [3.63, 3.8) is 0 Å². The minimum atomic E-state index is -4.56. The Labute approximate surface area is 171 Å². The van der Waals surface area contributed by atoms with Crippen molar-refractivity contribution in [1.82, 2.24) is 10.2 Å². The number of carbonyl (C=O) groups is 2. The monoisotopic (exact) mass is 448 g/mol. The maximum atomic E-state index is 14.0. The van der Waals surface area contributed by atoms with E-state index < -0.39 is 53.4 Å². The number of benzene rings is 2. The highest BCUT2D eigenvalue weighted by atomic mass is 19.4. The first-order valence-corrected chi connectivity index (χ1v) is 9.06. The first-order valence-electron chi connectivity index (χ1n) is 9.06. The summed E-state index contributed by atoms with van der Waals surface area (Å²) in [6.07, 6.45) is -3.43. The Morgan fingerprint density at radius 1 is 0.968 bits per heavy atom. The maximum Gasteiger partial charge on any atom is 0.405 e. The van der Waals surface area contributed by atoms with Crippen molar-refractivity contribution in [1.29, 1.82) is 0 Å². The van der Waals surface area contributed by atoms with Gasteiger partial charge in [-0.25, -0.2) is 17.6 Å². The van der Waals surface area contributed by atoms with E-state index in [-0.39, 0.29) is 18.2 Å². The summed E-state index contributed by atoms with van der Waals surface area (Å²) in [6, 6.07) is 5.22. The minimum Gasteiger partial charge on any atom is -0.343 e. The molecule has 0 aromatic heterocycles. The molecule has 31 heavy (non-hydrogen) atoms. The molecule has 1 N–H and O–H groups in total. The van der Waals surface area contributed by atoms with Crippen LogP contribution in [0.15, 0.2) is 30.3 Å². The molecule has 166 valence electrons. The SMILES string of the molecule is O=C(NCC(F)(F)F)c1ccc(CN(C(=O)c2cc(F)c(F)c(F)c2F)C2CC2)cc1. The molecule has 2 aromatic rings. The van der Waals surface area contributed by atoms with Crippen LogP contribution < -0.4 is 5.32 Å². The molecule has 0 unspecified atom stereocenters. The fourth-order valence-electron chi connectivity index (χ4n) is 2.88. The molecule has 1 fully saturated rings. The highest BCUT2D eigenvalue weighted by Gasteiger charge is 2.35. The number of amides is 2. The van der Waals surface area contributed by atoms with E-state index >= 15 is 0 Å². The summed E-state index contributed by atoms with van der Waals surface area (Å²) < 4.78 is 90.7. The number of nitrogens with one attached hydrogen (secondary N) is 1. The van der Waals surface area contributed by atoms with Gasteiger partial charge in [0.2, 0.25) is 0 Å². The van der Waals surface area contributed by atoms with Gasteiger partial charge in [-0.3, -0.25) is 9.59 Å². The number of alkyl halides is 3. The lowest BCUT2D eigenvalue weighted by atomic mass is 10.1. The Kier molecular flexibility index (Phi) is 6.23. The first-order chi connectivity index (χ1) is 14.5. The largest absolute Gasteiger partial charge is 0.405 e. The van der Waals surface area contributed by atoms with Crippen LogP contribution in [0.2, 0.25) is 0 Å². The molecule has 1 aliphatic rings. The molecule has 3 rings (SSSR count). The fraction of sp³-hybridized carbons (Fsp3) is 0.300. The number of nitrogens with zero attached hydrogens (tertiary/aromatic N) is 1. The topological polar surface area (TPSA) is 49.4 Å². The van der Waals surface area contributed by atoms with Crippen LogP contribution in [0.1, 0.15) is 39.1 Å². The fourth-order valence-corrected chi connectivity index (χ4v) is 2.88. The molecule has 0 spiro atoms. The van der Waals surface area contributed by atoms with E-state index in [0.29, 0.717) is 24.5 Å². The zero-order valence-electron chi connectivity index (χ0n) is 15.7. The minimum absolute atomic E-state index is 0.0500. The van der Waals surface area contributed by atoms with Gasteiger partial charge in [-0.05, 0) is 36.6 Å². The molecule has 1 aliphatic carbocycles. The molecular formula is C20H15F7N2O2. The van der Waals surface area contributed by atoms with Gasteiger partial charge in [0.25, 0.3) is 11.8 Å². The van der Waals surface area contributed by atoms with Gasteiger partial charge < -0.3 is 10.2 Å². The summed E-state index contributed by atoms with van der Waals surface area (Å²) in [5.41, 5.74) is -0.562. The highest BCUT2D eigenvalue weighted by Crippen LogP contribution is 2.31. The molecule has 0 heterocycles. The predicted molar refractivity (Wildman–Crippen MR) is 94.0 cm³/mol. The summed E-state index contributed by atoms with van der Waals surface area (Å²) in [4.78, 5) is 25.6. The predicted octanol–water partition coefficient (Wildman–Crippen LogP) is 4.34. The van der Waals surface area contributed by atoms with E-state index in [1.165, 1.54) is 24.3 Å². The van der Waals surface area contributed by atoms with Gasteiger partial charge in [-0.15, -0.1) is 0 Å². The second-order valence-corrected chi connectivity index (χ2v) is 7.01. The zero-order valence-corrected chi connectivity index (χ0v) is 15.7. The molecule has 0 aliphatic heterocycles. The number of hydrogen-bond acceptors (Lipinski definition) is 2. The van der Waals surface area contributed by atoms with Gasteiger partial charge in [0.1, 0.15) is 6.54 Å². The van der Waals surface area contributed by atoms with Crippen molar-refractivity contribution in [3.05, 3.63) is 70.3 Å². The van der Waals surface area contributed by atoms with Crippen LogP contribution in [0.4, 0.5) is 30.7 Å². The lowest BCUT2D eigenvalue weighted by molar-refractivity contribution is -0.123. The Balaban J connectivity index is 1.76. The molecule has 11 heteroatoms. The Hall–Kier alpha value is -3.11. The van der Waals surface area contributed by atoms with Gasteiger partial charge in [-0.2, -0.15) is 13.2 Å². The molecule has 2 aromatic carbocycles. The summed E-state index contributed by atoms with van der Waals surface area (Å²) in [6.45, 7) is -1.61. The molecule has 0 radical (unpaired) electrons. The van der Waals surface area contributed by atoms with Crippen LogP contribution in [0.5, 0.6) is 0 Å². The zero-order chi connectivity index (χ0) is 22.9. The lowest BCUT2D eigenvalue weighted by Gasteiger charge is -2.23. The number of carbonyl (C=O) groups excluding carboxylic acids is 2. The third-order valence-corrected chi connectivity index (χ3v) is 4.60. The summed E-state index contributed by atoms with van der Waals surface area (Å²) in [5.74, 6) is -9.60. The molecule has 4 nitrogen and oxygen atoms in total. The van der Waals surface area contributed by atoms with Crippen molar-refractivity contribution in [2.75, 3.05) is 6.54 Å². The third kappa shape index (κ3) is 5.33. The molecular weight excluding hydrogens is 433 g/mol. The standard InChI is InChI=1S/C20H15F7N2O2/c21-14-7-13(15(22)17(24)16(14)23)19(31)29(12-5-6-12)8-10-1-3-11(4-2-10)18(30)28-9-20(25,26)27/h1-4,7,12H,5-6,8-9H2,(H,28,30). The van der Waals surface area contributed by atoms with E-state index in [1.807, 2.05) is 0 Å². The second kappa shape index (κ2) is 8.56. The average molecular weight is 448 g/mol. The highest BCUT2D eigenvalue weighted by molar-refractivity contribution is 5.95. The van der Waals surface area contributed by atoms with Crippen molar-refractivity contribution in [2.24, 2.45) is 0 Å².